The lowest BCUT2D eigenvalue weighted by Gasteiger charge is -2.44. The second-order valence-corrected chi connectivity index (χ2v) is 6.60. The summed E-state index contributed by atoms with van der Waals surface area (Å²) < 4.78 is 0. The monoisotopic (exact) mass is 285 g/mol. The third-order valence-electron chi connectivity index (χ3n) is 3.68. The number of nitriles is 1. The number of carbonyl (C=O) groups is 1. The number of hydrogen-bond donors (Lipinski definition) is 2. The molecule has 1 spiro atoms. The van der Waals surface area contributed by atoms with E-state index in [0.29, 0.717) is 5.03 Å². The van der Waals surface area contributed by atoms with Crippen LogP contribution in [0.25, 0.3) is 0 Å². The molecule has 1 amide bonds. The van der Waals surface area contributed by atoms with Crippen LogP contribution in [0.5, 0.6) is 0 Å². The van der Waals surface area contributed by atoms with Crippen LogP contribution in [0.15, 0.2) is 34.9 Å². The van der Waals surface area contributed by atoms with Crippen molar-refractivity contribution in [1.82, 2.24) is 5.32 Å². The van der Waals surface area contributed by atoms with E-state index in [1.165, 1.54) is 5.56 Å². The van der Waals surface area contributed by atoms with Crippen LogP contribution in [0.3, 0.4) is 0 Å². The van der Waals surface area contributed by atoms with Gasteiger partial charge in [0.05, 0.1) is 9.90 Å². The fourth-order valence-electron chi connectivity index (χ4n) is 2.33. The van der Waals surface area contributed by atoms with E-state index in [1.54, 1.807) is 11.8 Å². The summed E-state index contributed by atoms with van der Waals surface area (Å²) in [6.07, 6.45) is 3.04. The summed E-state index contributed by atoms with van der Waals surface area (Å²) in [7, 11) is 0. The maximum absolute atomic E-state index is 12.0. The Balaban J connectivity index is 1.89. The molecular formula is C15H15N3OS. The third-order valence-corrected chi connectivity index (χ3v) is 5.09. The fraction of sp³-hybridized carbons (Fsp3) is 0.333. The summed E-state index contributed by atoms with van der Waals surface area (Å²) in [5, 5.41) is 16.0. The van der Waals surface area contributed by atoms with Crippen LogP contribution in [0.4, 0.5) is 5.69 Å². The van der Waals surface area contributed by atoms with Gasteiger partial charge in [0.1, 0.15) is 11.6 Å². The van der Waals surface area contributed by atoms with E-state index < -0.39 is 0 Å². The van der Waals surface area contributed by atoms with Gasteiger partial charge in [-0.1, -0.05) is 29.5 Å². The molecule has 1 heterocycles. The molecule has 2 N–H and O–H groups in total. The van der Waals surface area contributed by atoms with E-state index in [4.69, 9.17) is 0 Å². The molecule has 1 aliphatic carbocycles. The summed E-state index contributed by atoms with van der Waals surface area (Å²) >= 11 is 1.57. The molecule has 1 aromatic carbocycles. The predicted molar refractivity (Wildman–Crippen MR) is 79.8 cm³/mol. The van der Waals surface area contributed by atoms with Crippen molar-refractivity contribution in [3.05, 3.63) is 40.4 Å². The zero-order chi connectivity index (χ0) is 14.2. The van der Waals surface area contributed by atoms with Crippen molar-refractivity contribution in [2.75, 3.05) is 5.32 Å². The summed E-state index contributed by atoms with van der Waals surface area (Å²) in [4.78, 5) is 11.8. The predicted octanol–water partition coefficient (Wildman–Crippen LogP) is 2.89. The van der Waals surface area contributed by atoms with E-state index in [2.05, 4.69) is 10.6 Å². The molecule has 102 valence electrons. The molecule has 3 rings (SSSR count). The third kappa shape index (κ3) is 2.27. The standard InChI is InChI=1S/C15H15N3OS/c1-10-3-5-11(6-4-10)17-14-12(9-16)13(19)18-15(20-14)7-2-8-15/h3-6,17H,2,7-8H2,1H3,(H,18,19). The second kappa shape index (κ2) is 4.88. The summed E-state index contributed by atoms with van der Waals surface area (Å²) in [6.45, 7) is 2.02. The lowest BCUT2D eigenvalue weighted by atomic mass is 9.91. The number of thioether (sulfide) groups is 1. The van der Waals surface area contributed by atoms with Gasteiger partial charge in [-0.3, -0.25) is 4.79 Å². The summed E-state index contributed by atoms with van der Waals surface area (Å²) in [5.41, 5.74) is 2.25. The van der Waals surface area contributed by atoms with Crippen molar-refractivity contribution < 1.29 is 4.79 Å². The van der Waals surface area contributed by atoms with Gasteiger partial charge in [-0.2, -0.15) is 5.26 Å². The Bertz CT molecular complexity index is 624. The number of aryl methyl sites for hydroxylation is 1. The fourth-order valence-corrected chi connectivity index (χ4v) is 3.76. The first-order valence-electron chi connectivity index (χ1n) is 6.61. The molecule has 20 heavy (non-hydrogen) atoms. The van der Waals surface area contributed by atoms with E-state index in [0.717, 1.165) is 24.9 Å². The average Bonchev–Trinajstić information content (AvgIpc) is 2.39. The van der Waals surface area contributed by atoms with Gasteiger partial charge in [0.15, 0.2) is 0 Å². The molecule has 0 saturated heterocycles. The maximum Gasteiger partial charge on any atom is 0.265 e. The van der Waals surface area contributed by atoms with Crippen molar-refractivity contribution in [1.29, 1.82) is 5.26 Å². The molecule has 5 heteroatoms. The Labute approximate surface area is 122 Å². The highest BCUT2D eigenvalue weighted by atomic mass is 32.2. The Hall–Kier alpha value is -1.93. The smallest absolute Gasteiger partial charge is 0.265 e. The molecule has 0 aromatic heterocycles. The first kappa shape index (κ1) is 13.1. The molecule has 1 saturated carbocycles. The van der Waals surface area contributed by atoms with Crippen LogP contribution >= 0.6 is 11.8 Å². The molecule has 1 fully saturated rings. The van der Waals surface area contributed by atoms with Gasteiger partial charge in [-0.15, -0.1) is 0 Å². The van der Waals surface area contributed by atoms with E-state index in [9.17, 15) is 10.1 Å². The Morgan fingerprint density at radius 1 is 1.35 bits per heavy atom. The minimum atomic E-state index is -0.263. The van der Waals surface area contributed by atoms with Gasteiger partial charge in [0, 0.05) is 5.69 Å². The summed E-state index contributed by atoms with van der Waals surface area (Å²) in [5.74, 6) is -0.263. The Morgan fingerprint density at radius 3 is 2.60 bits per heavy atom. The zero-order valence-corrected chi connectivity index (χ0v) is 12.0. The first-order valence-corrected chi connectivity index (χ1v) is 7.43. The number of rotatable bonds is 2. The minimum Gasteiger partial charge on any atom is -0.349 e. The number of benzene rings is 1. The van der Waals surface area contributed by atoms with Gasteiger partial charge in [-0.05, 0) is 38.3 Å². The van der Waals surface area contributed by atoms with Gasteiger partial charge in [-0.25, -0.2) is 0 Å². The Kier molecular flexibility index (Phi) is 3.19. The molecule has 4 nitrogen and oxygen atoms in total. The molecule has 2 aliphatic rings. The molecular weight excluding hydrogens is 270 g/mol. The maximum atomic E-state index is 12.0. The summed E-state index contributed by atoms with van der Waals surface area (Å²) in [6, 6.07) is 9.92. The van der Waals surface area contributed by atoms with Crippen LogP contribution in [-0.4, -0.2) is 10.8 Å². The molecule has 0 radical (unpaired) electrons. The van der Waals surface area contributed by atoms with Gasteiger partial charge in [0.2, 0.25) is 0 Å². The number of nitrogens with zero attached hydrogens (tertiary/aromatic N) is 1. The number of nitrogens with one attached hydrogen (secondary N) is 2. The van der Waals surface area contributed by atoms with E-state index in [1.807, 2.05) is 37.3 Å². The molecule has 0 unspecified atom stereocenters. The first-order chi connectivity index (χ1) is 9.62. The van der Waals surface area contributed by atoms with Gasteiger partial charge in [0.25, 0.3) is 5.91 Å². The number of carbonyl (C=O) groups excluding carboxylic acids is 1. The normalized spacial score (nSPS) is 20.1. The lowest BCUT2D eigenvalue weighted by molar-refractivity contribution is -0.118. The topological polar surface area (TPSA) is 64.9 Å². The van der Waals surface area contributed by atoms with Crippen LogP contribution < -0.4 is 10.6 Å². The van der Waals surface area contributed by atoms with Crippen molar-refractivity contribution in [3.8, 4) is 6.07 Å². The number of amides is 1. The quantitative estimate of drug-likeness (QED) is 0.877. The van der Waals surface area contributed by atoms with Crippen LogP contribution in [-0.2, 0) is 4.79 Å². The minimum absolute atomic E-state index is 0.174. The molecule has 1 aliphatic heterocycles. The van der Waals surface area contributed by atoms with E-state index >= 15 is 0 Å². The molecule has 0 atom stereocenters. The van der Waals surface area contributed by atoms with Crippen molar-refractivity contribution in [2.24, 2.45) is 0 Å². The largest absolute Gasteiger partial charge is 0.349 e. The number of anilines is 1. The van der Waals surface area contributed by atoms with Crippen LogP contribution in [0, 0.1) is 18.3 Å². The van der Waals surface area contributed by atoms with Gasteiger partial charge >= 0.3 is 0 Å². The van der Waals surface area contributed by atoms with Crippen LogP contribution in [0.1, 0.15) is 24.8 Å². The van der Waals surface area contributed by atoms with Crippen molar-refractivity contribution >= 4 is 23.4 Å². The van der Waals surface area contributed by atoms with E-state index in [-0.39, 0.29) is 16.4 Å². The lowest BCUT2D eigenvalue weighted by Crippen LogP contribution is -2.54. The molecule has 0 bridgehead atoms. The second-order valence-electron chi connectivity index (χ2n) is 5.21. The van der Waals surface area contributed by atoms with Crippen molar-refractivity contribution in [2.45, 2.75) is 31.1 Å². The average molecular weight is 285 g/mol. The number of hydrogen-bond acceptors (Lipinski definition) is 4. The SMILES string of the molecule is Cc1ccc(NC2=C(C#N)C(=O)NC3(CCC3)S2)cc1. The highest BCUT2D eigenvalue weighted by Gasteiger charge is 2.44. The zero-order valence-electron chi connectivity index (χ0n) is 11.2. The highest BCUT2D eigenvalue weighted by molar-refractivity contribution is 8.04. The van der Waals surface area contributed by atoms with Crippen LogP contribution in [0.2, 0.25) is 0 Å². The van der Waals surface area contributed by atoms with Crippen molar-refractivity contribution in [3.63, 3.8) is 0 Å². The highest BCUT2D eigenvalue weighted by Crippen LogP contribution is 2.48. The molecule has 1 aromatic rings. The van der Waals surface area contributed by atoms with Gasteiger partial charge < -0.3 is 10.6 Å². The Morgan fingerprint density at radius 2 is 2.05 bits per heavy atom.